The first-order chi connectivity index (χ1) is 12.1. The fourth-order valence-corrected chi connectivity index (χ4v) is 3.03. The highest BCUT2D eigenvalue weighted by Gasteiger charge is 2.36. The molecule has 0 saturated carbocycles. The van der Waals surface area contributed by atoms with E-state index < -0.39 is 35.7 Å². The van der Waals surface area contributed by atoms with Crippen molar-refractivity contribution in [3.63, 3.8) is 0 Å². The molecule has 1 aromatic carbocycles. The van der Waals surface area contributed by atoms with Crippen molar-refractivity contribution in [2.75, 3.05) is 0 Å². The van der Waals surface area contributed by atoms with Crippen molar-refractivity contribution < 1.29 is 24.2 Å². The molecule has 2 amide bonds. The molecule has 0 aromatic heterocycles. The number of carboxylic acid groups (broad SMARTS) is 1. The highest BCUT2D eigenvalue weighted by Crippen LogP contribution is 2.29. The van der Waals surface area contributed by atoms with Gasteiger partial charge in [0.05, 0.1) is 0 Å². The molecule has 0 unspecified atom stereocenters. The number of rotatable bonds is 5. The average Bonchev–Trinajstić information content (AvgIpc) is 2.94. The predicted molar refractivity (Wildman–Crippen MR) is 95.7 cm³/mol. The number of amides is 2. The maximum absolute atomic E-state index is 12.7. The fraction of sp³-hybridized carbons (Fsp3) is 0.526. The molecule has 0 spiro atoms. The predicted octanol–water partition coefficient (Wildman–Crippen LogP) is 1.88. The van der Waals surface area contributed by atoms with Crippen LogP contribution in [0.3, 0.4) is 0 Å². The molecule has 0 saturated heterocycles. The third-order valence-corrected chi connectivity index (χ3v) is 4.24. The number of benzene rings is 1. The number of hydrogen-bond acceptors (Lipinski definition) is 4. The Labute approximate surface area is 153 Å². The lowest BCUT2D eigenvalue weighted by Crippen LogP contribution is -2.54. The summed E-state index contributed by atoms with van der Waals surface area (Å²) in [6.07, 6.45) is 0.563. The number of fused-ring (bicyclic) bond motifs is 1. The maximum Gasteiger partial charge on any atom is 0.408 e. The van der Waals surface area contributed by atoms with Gasteiger partial charge in [0.1, 0.15) is 17.7 Å². The number of aliphatic carboxylic acids is 1. The van der Waals surface area contributed by atoms with E-state index in [0.717, 1.165) is 11.1 Å². The minimum absolute atomic E-state index is 0.166. The summed E-state index contributed by atoms with van der Waals surface area (Å²) < 4.78 is 5.26. The Morgan fingerprint density at radius 2 is 1.65 bits per heavy atom. The Hall–Kier alpha value is -2.57. The topological polar surface area (TPSA) is 105 Å². The van der Waals surface area contributed by atoms with E-state index in [4.69, 9.17) is 9.84 Å². The molecule has 7 nitrogen and oxygen atoms in total. The number of alkyl carbamates (subject to hydrolysis) is 1. The summed E-state index contributed by atoms with van der Waals surface area (Å²) in [4.78, 5) is 35.9. The van der Waals surface area contributed by atoms with E-state index in [2.05, 4.69) is 10.6 Å². The lowest BCUT2D eigenvalue weighted by atomic mass is 9.95. The van der Waals surface area contributed by atoms with Crippen molar-refractivity contribution in [3.8, 4) is 0 Å². The molecule has 0 fully saturated rings. The summed E-state index contributed by atoms with van der Waals surface area (Å²) >= 11 is 0. The van der Waals surface area contributed by atoms with Gasteiger partial charge in [-0.05, 0) is 57.6 Å². The molecule has 0 aliphatic heterocycles. The molecule has 3 N–H and O–H groups in total. The van der Waals surface area contributed by atoms with E-state index in [1.165, 1.54) is 6.92 Å². The van der Waals surface area contributed by atoms with Gasteiger partial charge in [-0.3, -0.25) is 9.59 Å². The van der Waals surface area contributed by atoms with Gasteiger partial charge in [-0.15, -0.1) is 0 Å². The molecule has 26 heavy (non-hydrogen) atoms. The minimum atomic E-state index is -1.14. The van der Waals surface area contributed by atoms with Gasteiger partial charge < -0.3 is 20.5 Å². The van der Waals surface area contributed by atoms with Gasteiger partial charge in [-0.1, -0.05) is 24.3 Å². The quantitative estimate of drug-likeness (QED) is 0.742. The number of carbonyl (C=O) groups excluding carboxylic acids is 2. The highest BCUT2D eigenvalue weighted by molar-refractivity contribution is 5.89. The average molecular weight is 362 g/mol. The zero-order chi connectivity index (χ0) is 19.5. The van der Waals surface area contributed by atoms with Crippen molar-refractivity contribution in [3.05, 3.63) is 35.4 Å². The Morgan fingerprint density at radius 3 is 2.12 bits per heavy atom. The second-order valence-corrected chi connectivity index (χ2v) is 7.63. The zero-order valence-electron chi connectivity index (χ0n) is 15.5. The molecule has 1 aliphatic rings. The molecule has 0 heterocycles. The first-order valence-corrected chi connectivity index (χ1v) is 8.66. The van der Waals surface area contributed by atoms with Gasteiger partial charge in [0.25, 0.3) is 0 Å². The van der Waals surface area contributed by atoms with Gasteiger partial charge in [-0.25, -0.2) is 4.79 Å². The third-order valence-electron chi connectivity index (χ3n) is 4.24. The smallest absolute Gasteiger partial charge is 0.408 e. The Morgan fingerprint density at radius 1 is 1.12 bits per heavy atom. The number of hydrogen-bond donors (Lipinski definition) is 3. The van der Waals surface area contributed by atoms with Gasteiger partial charge in [0, 0.05) is 0 Å². The van der Waals surface area contributed by atoms with Crippen LogP contribution in [0.2, 0.25) is 0 Å². The van der Waals surface area contributed by atoms with Gasteiger partial charge in [0.2, 0.25) is 5.91 Å². The van der Waals surface area contributed by atoms with Crippen LogP contribution in [-0.2, 0) is 27.2 Å². The van der Waals surface area contributed by atoms with Crippen LogP contribution in [0.15, 0.2) is 24.3 Å². The van der Waals surface area contributed by atoms with Crippen molar-refractivity contribution in [1.82, 2.24) is 10.6 Å². The van der Waals surface area contributed by atoms with Crippen LogP contribution in [0.4, 0.5) is 4.79 Å². The Bertz CT molecular complexity index is 670. The molecule has 2 atom stereocenters. The van der Waals surface area contributed by atoms with Crippen LogP contribution in [0.1, 0.15) is 38.8 Å². The highest BCUT2D eigenvalue weighted by atomic mass is 16.6. The number of carboxylic acids is 1. The van der Waals surface area contributed by atoms with Crippen LogP contribution in [0, 0.1) is 5.92 Å². The number of ether oxygens (including phenoxy) is 1. The largest absolute Gasteiger partial charge is 0.480 e. The van der Waals surface area contributed by atoms with Gasteiger partial charge in [-0.2, -0.15) is 0 Å². The normalized spacial score (nSPS) is 16.3. The van der Waals surface area contributed by atoms with Crippen molar-refractivity contribution in [2.45, 2.75) is 58.2 Å². The first kappa shape index (κ1) is 19.8. The lowest BCUT2D eigenvalue weighted by Gasteiger charge is -2.27. The second kappa shape index (κ2) is 7.76. The van der Waals surface area contributed by atoms with Gasteiger partial charge in [0.15, 0.2) is 0 Å². The third kappa shape index (κ3) is 5.21. The standard InChI is InChI=1S/C19H26N2O5/c1-11(17(23)24)20-16(22)15(21-18(25)26-19(2,3)4)14-9-12-7-5-6-8-13(12)10-14/h5-8,11,14-15H,9-10H2,1-4H3,(H,20,22)(H,21,25)(H,23,24)/t11-,15+/m0/s1. The summed E-state index contributed by atoms with van der Waals surface area (Å²) in [5, 5.41) is 14.1. The minimum Gasteiger partial charge on any atom is -0.480 e. The van der Waals surface area contributed by atoms with E-state index >= 15 is 0 Å². The monoisotopic (exact) mass is 362 g/mol. The summed E-state index contributed by atoms with van der Waals surface area (Å²) in [6, 6.07) is 5.94. The van der Waals surface area contributed by atoms with E-state index in [0.29, 0.717) is 12.8 Å². The van der Waals surface area contributed by atoms with E-state index in [1.807, 2.05) is 24.3 Å². The number of carbonyl (C=O) groups is 3. The molecule has 1 aliphatic carbocycles. The molecule has 2 rings (SSSR count). The summed E-state index contributed by atoms with van der Waals surface area (Å²) in [6.45, 7) is 6.59. The molecule has 0 bridgehead atoms. The van der Waals surface area contributed by atoms with Crippen LogP contribution >= 0.6 is 0 Å². The zero-order valence-corrected chi connectivity index (χ0v) is 15.5. The van der Waals surface area contributed by atoms with E-state index in [-0.39, 0.29) is 5.92 Å². The van der Waals surface area contributed by atoms with Crippen LogP contribution in [0.5, 0.6) is 0 Å². The van der Waals surface area contributed by atoms with Gasteiger partial charge >= 0.3 is 12.1 Å². The molecule has 1 aromatic rings. The SMILES string of the molecule is C[C@H](NC(=O)[C@H](NC(=O)OC(C)(C)C)C1Cc2ccccc2C1)C(=O)O. The molecule has 7 heteroatoms. The number of nitrogens with one attached hydrogen (secondary N) is 2. The van der Waals surface area contributed by atoms with Crippen LogP contribution in [0.25, 0.3) is 0 Å². The fourth-order valence-electron chi connectivity index (χ4n) is 3.03. The second-order valence-electron chi connectivity index (χ2n) is 7.63. The molecule has 0 radical (unpaired) electrons. The molecular formula is C19H26N2O5. The summed E-state index contributed by atoms with van der Waals surface area (Å²) in [5.74, 6) is -1.83. The van der Waals surface area contributed by atoms with Crippen molar-refractivity contribution in [2.24, 2.45) is 5.92 Å². The Kier molecular flexibility index (Phi) is 5.90. The molecule has 142 valence electrons. The van der Waals surface area contributed by atoms with E-state index in [1.54, 1.807) is 20.8 Å². The lowest BCUT2D eigenvalue weighted by molar-refractivity contribution is -0.141. The maximum atomic E-state index is 12.7. The van der Waals surface area contributed by atoms with Crippen molar-refractivity contribution >= 4 is 18.0 Å². The van der Waals surface area contributed by atoms with Crippen LogP contribution < -0.4 is 10.6 Å². The van der Waals surface area contributed by atoms with Crippen molar-refractivity contribution in [1.29, 1.82) is 0 Å². The summed E-state index contributed by atoms with van der Waals surface area (Å²) in [7, 11) is 0. The first-order valence-electron chi connectivity index (χ1n) is 8.66. The summed E-state index contributed by atoms with van der Waals surface area (Å²) in [5.41, 5.74) is 1.57. The molecular weight excluding hydrogens is 336 g/mol. The van der Waals surface area contributed by atoms with Crippen LogP contribution in [-0.4, -0.2) is 40.8 Å². The Balaban J connectivity index is 2.15. The van der Waals surface area contributed by atoms with E-state index in [9.17, 15) is 14.4 Å².